The number of alkyl halides is 1. The third-order valence-corrected chi connectivity index (χ3v) is 3.92. The molecule has 0 atom stereocenters. The highest BCUT2D eigenvalue weighted by Gasteiger charge is 2.18. The highest BCUT2D eigenvalue weighted by molar-refractivity contribution is 6.35. The van der Waals surface area contributed by atoms with Crippen LogP contribution in [0.5, 0.6) is 0 Å². The van der Waals surface area contributed by atoms with Gasteiger partial charge in [-0.1, -0.05) is 29.8 Å². The van der Waals surface area contributed by atoms with Gasteiger partial charge in [-0.25, -0.2) is 9.37 Å². The van der Waals surface area contributed by atoms with Gasteiger partial charge < -0.3 is 0 Å². The summed E-state index contributed by atoms with van der Waals surface area (Å²) in [6.07, 6.45) is 0.542. The van der Waals surface area contributed by atoms with Gasteiger partial charge in [-0.15, -0.1) is 11.6 Å². The van der Waals surface area contributed by atoms with E-state index in [0.717, 1.165) is 11.1 Å². The predicted molar refractivity (Wildman–Crippen MR) is 85.2 cm³/mol. The zero-order valence-corrected chi connectivity index (χ0v) is 12.9. The Hall–Kier alpha value is -1.58. The van der Waals surface area contributed by atoms with Crippen molar-refractivity contribution in [1.82, 2.24) is 9.55 Å². The minimum absolute atomic E-state index is 0.301. The lowest BCUT2D eigenvalue weighted by Gasteiger charge is -2.13. The summed E-state index contributed by atoms with van der Waals surface area (Å²) in [5.41, 5.74) is 2.76. The number of fused-ring (bicyclic) bond motifs is 1. The highest BCUT2D eigenvalue weighted by Crippen LogP contribution is 2.30. The lowest BCUT2D eigenvalue weighted by atomic mass is 10.1. The minimum atomic E-state index is -0.301. The van der Waals surface area contributed by atoms with E-state index in [-0.39, 0.29) is 5.82 Å². The maximum atomic E-state index is 14.4. The second-order valence-electron chi connectivity index (χ2n) is 4.82. The average Bonchev–Trinajstić information content (AvgIpc) is 2.79. The molecule has 2 nitrogen and oxygen atoms in total. The molecule has 0 fully saturated rings. The largest absolute Gasteiger partial charge is 0.292 e. The van der Waals surface area contributed by atoms with E-state index >= 15 is 0 Å². The van der Waals surface area contributed by atoms with E-state index in [1.807, 2.05) is 25.1 Å². The molecule has 3 rings (SSSR count). The van der Waals surface area contributed by atoms with E-state index in [9.17, 15) is 4.39 Å². The summed E-state index contributed by atoms with van der Waals surface area (Å²) in [5.74, 6) is 0.820. The highest BCUT2D eigenvalue weighted by atomic mass is 35.5. The standard InChI is InChI=1S/C16H13Cl2FN2/c1-10-4-2-6-12(19)15(10)21-14(8-9-17)20-13-7-3-5-11(18)16(13)21/h2-7H,8-9H2,1H3. The summed E-state index contributed by atoms with van der Waals surface area (Å²) in [4.78, 5) is 4.55. The van der Waals surface area contributed by atoms with Gasteiger partial charge >= 0.3 is 0 Å². The molecule has 0 bridgehead atoms. The Bertz CT molecular complexity index is 791. The van der Waals surface area contributed by atoms with Crippen molar-refractivity contribution in [2.45, 2.75) is 13.3 Å². The van der Waals surface area contributed by atoms with Gasteiger partial charge in [0, 0.05) is 12.3 Å². The van der Waals surface area contributed by atoms with E-state index in [1.165, 1.54) is 6.07 Å². The average molecular weight is 323 g/mol. The van der Waals surface area contributed by atoms with Crippen LogP contribution in [0.4, 0.5) is 4.39 Å². The Morgan fingerprint density at radius 1 is 1.19 bits per heavy atom. The third-order valence-electron chi connectivity index (χ3n) is 3.43. The second kappa shape index (κ2) is 5.66. The molecule has 0 saturated heterocycles. The molecule has 0 spiro atoms. The first kappa shape index (κ1) is 14.4. The monoisotopic (exact) mass is 322 g/mol. The van der Waals surface area contributed by atoms with Crippen LogP contribution in [0.1, 0.15) is 11.4 Å². The third kappa shape index (κ3) is 2.41. The van der Waals surface area contributed by atoms with Crippen molar-refractivity contribution >= 4 is 34.2 Å². The number of rotatable bonds is 3. The van der Waals surface area contributed by atoms with E-state index in [4.69, 9.17) is 23.2 Å². The van der Waals surface area contributed by atoms with Crippen LogP contribution in [0.25, 0.3) is 16.7 Å². The maximum Gasteiger partial charge on any atom is 0.147 e. The fourth-order valence-corrected chi connectivity index (χ4v) is 2.96. The normalized spacial score (nSPS) is 11.2. The van der Waals surface area contributed by atoms with Crippen molar-refractivity contribution in [2.24, 2.45) is 0 Å². The Morgan fingerprint density at radius 2 is 1.95 bits per heavy atom. The zero-order chi connectivity index (χ0) is 15.0. The lowest BCUT2D eigenvalue weighted by Crippen LogP contribution is -2.06. The van der Waals surface area contributed by atoms with Gasteiger partial charge in [-0.05, 0) is 30.7 Å². The van der Waals surface area contributed by atoms with Gasteiger partial charge in [0.05, 0.1) is 21.7 Å². The van der Waals surface area contributed by atoms with Gasteiger partial charge in [0.15, 0.2) is 0 Å². The number of halogens is 3. The molecule has 5 heteroatoms. The van der Waals surface area contributed by atoms with Crippen molar-refractivity contribution in [3.63, 3.8) is 0 Å². The zero-order valence-electron chi connectivity index (χ0n) is 11.4. The molecule has 3 aromatic rings. The number of hydrogen-bond acceptors (Lipinski definition) is 1. The molecule has 21 heavy (non-hydrogen) atoms. The molecule has 0 N–H and O–H groups in total. The fraction of sp³-hybridized carbons (Fsp3) is 0.188. The maximum absolute atomic E-state index is 14.4. The van der Waals surface area contributed by atoms with Crippen LogP contribution >= 0.6 is 23.2 Å². The van der Waals surface area contributed by atoms with E-state index in [1.54, 1.807) is 16.7 Å². The second-order valence-corrected chi connectivity index (χ2v) is 5.60. The predicted octanol–water partition coefficient (Wildman–Crippen LogP) is 4.91. The Labute approximate surface area is 132 Å². The summed E-state index contributed by atoms with van der Waals surface area (Å²) < 4.78 is 16.2. The Kier molecular flexibility index (Phi) is 3.87. The molecular weight excluding hydrogens is 310 g/mol. The van der Waals surface area contributed by atoms with Crippen LogP contribution in [0.3, 0.4) is 0 Å². The van der Waals surface area contributed by atoms with E-state index < -0.39 is 0 Å². The number of para-hydroxylation sites is 2. The van der Waals surface area contributed by atoms with Gasteiger partial charge in [0.1, 0.15) is 11.6 Å². The molecule has 1 heterocycles. The molecule has 0 aliphatic rings. The number of hydrogen-bond donors (Lipinski definition) is 0. The molecule has 0 unspecified atom stereocenters. The summed E-state index contributed by atoms with van der Waals surface area (Å²) >= 11 is 12.2. The molecule has 0 aliphatic carbocycles. The fourth-order valence-electron chi connectivity index (χ4n) is 2.53. The van der Waals surface area contributed by atoms with Gasteiger partial charge in [0.2, 0.25) is 0 Å². The molecular formula is C16H13Cl2FN2. The number of nitrogens with zero attached hydrogens (tertiary/aromatic N) is 2. The van der Waals surface area contributed by atoms with Gasteiger partial charge in [-0.3, -0.25) is 4.57 Å². The number of aryl methyl sites for hydroxylation is 2. The van der Waals surface area contributed by atoms with E-state index in [0.29, 0.717) is 34.4 Å². The van der Waals surface area contributed by atoms with Crippen LogP contribution in [-0.4, -0.2) is 15.4 Å². The smallest absolute Gasteiger partial charge is 0.147 e. The molecule has 2 aromatic carbocycles. The lowest BCUT2D eigenvalue weighted by molar-refractivity contribution is 0.615. The first-order valence-corrected chi connectivity index (χ1v) is 7.52. The summed E-state index contributed by atoms with van der Waals surface area (Å²) in [6, 6.07) is 10.5. The van der Waals surface area contributed by atoms with Crippen LogP contribution < -0.4 is 0 Å². The molecule has 0 amide bonds. The quantitative estimate of drug-likeness (QED) is 0.626. The molecule has 0 aliphatic heterocycles. The summed E-state index contributed by atoms with van der Waals surface area (Å²) in [6.45, 7) is 1.87. The van der Waals surface area contributed by atoms with Crippen LogP contribution in [0.2, 0.25) is 5.02 Å². The van der Waals surface area contributed by atoms with Gasteiger partial charge in [-0.2, -0.15) is 0 Å². The topological polar surface area (TPSA) is 17.8 Å². The van der Waals surface area contributed by atoms with Crippen LogP contribution in [-0.2, 0) is 6.42 Å². The Balaban J connectivity index is 2.42. The first-order valence-electron chi connectivity index (χ1n) is 6.60. The van der Waals surface area contributed by atoms with Crippen molar-refractivity contribution in [2.75, 3.05) is 5.88 Å². The van der Waals surface area contributed by atoms with Crippen LogP contribution in [0, 0.1) is 12.7 Å². The first-order chi connectivity index (χ1) is 10.1. The number of imidazole rings is 1. The summed E-state index contributed by atoms with van der Waals surface area (Å²) in [5, 5.41) is 0.545. The SMILES string of the molecule is Cc1cccc(F)c1-n1c(CCCl)nc2cccc(Cl)c21. The Morgan fingerprint density at radius 3 is 2.67 bits per heavy atom. The molecule has 1 aromatic heterocycles. The molecule has 0 radical (unpaired) electrons. The molecule has 108 valence electrons. The van der Waals surface area contributed by atoms with Crippen LogP contribution in [0.15, 0.2) is 36.4 Å². The number of aromatic nitrogens is 2. The number of benzene rings is 2. The van der Waals surface area contributed by atoms with Crippen molar-refractivity contribution in [3.8, 4) is 5.69 Å². The van der Waals surface area contributed by atoms with E-state index in [2.05, 4.69) is 4.98 Å². The van der Waals surface area contributed by atoms with Gasteiger partial charge in [0.25, 0.3) is 0 Å². The van der Waals surface area contributed by atoms with Crippen molar-refractivity contribution in [1.29, 1.82) is 0 Å². The van der Waals surface area contributed by atoms with Crippen molar-refractivity contribution < 1.29 is 4.39 Å². The molecule has 0 saturated carbocycles. The minimum Gasteiger partial charge on any atom is -0.292 e. The summed E-state index contributed by atoms with van der Waals surface area (Å²) in [7, 11) is 0. The van der Waals surface area contributed by atoms with Crippen molar-refractivity contribution in [3.05, 3.63) is 58.6 Å².